The van der Waals surface area contributed by atoms with Gasteiger partial charge in [0.2, 0.25) is 0 Å². The topological polar surface area (TPSA) is 50.1 Å². The molecule has 1 aliphatic carbocycles. The number of carbonyl (C=O) groups excluding carboxylic acids is 1. The van der Waals surface area contributed by atoms with E-state index in [-0.39, 0.29) is 29.4 Å². The molecule has 2 aromatic rings. The van der Waals surface area contributed by atoms with Gasteiger partial charge in [0.15, 0.2) is 0 Å². The smallest absolute Gasteiger partial charge is 0.345 e. The van der Waals surface area contributed by atoms with Gasteiger partial charge in [0.1, 0.15) is 11.4 Å². The maximum Gasteiger partial charge on any atom is 0.345 e. The molecule has 140 valence electrons. The summed E-state index contributed by atoms with van der Waals surface area (Å²) in [5.41, 5.74) is 2.16. The van der Waals surface area contributed by atoms with E-state index in [9.17, 15) is 10.1 Å². The Morgan fingerprint density at radius 2 is 1.75 bits per heavy atom. The van der Waals surface area contributed by atoms with E-state index in [2.05, 4.69) is 12.0 Å². The van der Waals surface area contributed by atoms with Crippen LogP contribution in [0.25, 0.3) is 0 Å². The minimum Gasteiger partial charge on any atom is -0.496 e. The largest absolute Gasteiger partial charge is 0.496 e. The van der Waals surface area contributed by atoms with E-state index >= 15 is 0 Å². The molecule has 0 aromatic heterocycles. The average molecular weight is 410 g/mol. The second-order valence-electron chi connectivity index (χ2n) is 7.38. The molecular weight excluding hydrogens is 392 g/mol. The first kappa shape index (κ1) is 19.1. The number of hydrogen-bond acceptors (Lipinski definition) is 3. The Morgan fingerprint density at radius 3 is 2.43 bits per heavy atom. The van der Waals surface area contributed by atoms with Gasteiger partial charge in [0.05, 0.1) is 7.11 Å². The van der Waals surface area contributed by atoms with Crippen LogP contribution >= 0.6 is 23.2 Å². The first-order chi connectivity index (χ1) is 13.5. The number of hydrogen-bond donors (Lipinski definition) is 0. The van der Waals surface area contributed by atoms with Crippen molar-refractivity contribution in [3.8, 4) is 11.7 Å². The van der Waals surface area contributed by atoms with Gasteiger partial charge in [-0.2, -0.15) is 0 Å². The summed E-state index contributed by atoms with van der Waals surface area (Å²) < 4.78 is 5.60. The molecule has 1 aliphatic heterocycles. The number of fused-ring (bicyclic) bond motifs is 1. The molecular formula is C22H18BCl2NO2. The van der Waals surface area contributed by atoms with Crippen LogP contribution in [0.15, 0.2) is 54.6 Å². The zero-order valence-electron chi connectivity index (χ0n) is 15.3. The number of allylic oxidation sites excluding steroid dienone is 2. The fourth-order valence-electron chi connectivity index (χ4n) is 4.72. The molecule has 0 N–H and O–H groups in total. The third-order valence-electron chi connectivity index (χ3n) is 5.98. The van der Waals surface area contributed by atoms with Gasteiger partial charge in [-0.15, -0.1) is 0 Å². The highest BCUT2D eigenvalue weighted by Crippen LogP contribution is 2.53. The Morgan fingerprint density at radius 1 is 1.07 bits per heavy atom. The van der Waals surface area contributed by atoms with E-state index < -0.39 is 6.71 Å². The zero-order chi connectivity index (χ0) is 19.8. The van der Waals surface area contributed by atoms with Gasteiger partial charge in [-0.3, -0.25) is 0 Å². The summed E-state index contributed by atoms with van der Waals surface area (Å²) in [5, 5.41) is 10.7. The molecule has 1 saturated heterocycles. The molecule has 0 amide bonds. The highest BCUT2D eigenvalue weighted by atomic mass is 35.5. The predicted molar refractivity (Wildman–Crippen MR) is 112 cm³/mol. The van der Waals surface area contributed by atoms with Crippen LogP contribution in [0.1, 0.15) is 23.0 Å². The molecule has 0 saturated carbocycles. The Hall–Kier alpha value is -2.22. The lowest BCUT2D eigenvalue weighted by Crippen LogP contribution is -2.28. The molecule has 0 spiro atoms. The van der Waals surface area contributed by atoms with Gasteiger partial charge in [0.25, 0.3) is 0 Å². The number of rotatable bonds is 3. The molecule has 4 rings (SSSR count). The minimum absolute atomic E-state index is 0.0138. The number of ether oxygens (including phenoxy) is 1. The van der Waals surface area contributed by atoms with Gasteiger partial charge >= 0.3 is 6.71 Å². The zero-order valence-corrected chi connectivity index (χ0v) is 16.8. The van der Waals surface area contributed by atoms with Crippen LogP contribution in [0.2, 0.25) is 16.4 Å². The van der Waals surface area contributed by atoms with Crippen molar-refractivity contribution in [3.63, 3.8) is 0 Å². The molecule has 0 bridgehead atoms. The predicted octanol–water partition coefficient (Wildman–Crippen LogP) is 5.35. The first-order valence-corrected chi connectivity index (χ1v) is 9.99. The summed E-state index contributed by atoms with van der Waals surface area (Å²) in [6.07, 6.45) is 4.64. The average Bonchev–Trinajstić information content (AvgIpc) is 3.04. The van der Waals surface area contributed by atoms with Crippen LogP contribution in [-0.4, -0.2) is 19.5 Å². The molecule has 1 fully saturated rings. The van der Waals surface area contributed by atoms with Gasteiger partial charge in [-0.05, 0) is 48.0 Å². The molecule has 2 aromatic carbocycles. The quantitative estimate of drug-likeness (QED) is 0.507. The van der Waals surface area contributed by atoms with E-state index in [0.717, 1.165) is 16.9 Å². The van der Waals surface area contributed by atoms with Gasteiger partial charge in [-0.1, -0.05) is 53.6 Å². The standard InChI is InChI=1S/C22H18BCl2NO2/c1-28-20-10-15(25)6-7-16(20)17-8-9-18-19(11-23(12-26)22(18)27)21(17)13-2-4-14(24)5-3-13/h2-10,17-19,21H,11H2,1H3. The third-order valence-corrected chi connectivity index (χ3v) is 6.47. The summed E-state index contributed by atoms with van der Waals surface area (Å²) >= 11 is 12.3. The Kier molecular flexibility index (Phi) is 5.23. The summed E-state index contributed by atoms with van der Waals surface area (Å²) in [6, 6.07) is 13.4. The van der Waals surface area contributed by atoms with Crippen LogP contribution in [0, 0.1) is 23.1 Å². The maximum absolute atomic E-state index is 12.7. The second kappa shape index (κ2) is 7.66. The van der Waals surface area contributed by atoms with Crippen LogP contribution in [-0.2, 0) is 4.79 Å². The summed E-state index contributed by atoms with van der Waals surface area (Å²) in [4.78, 5) is 12.7. The molecule has 2 aliphatic rings. The van der Waals surface area contributed by atoms with E-state index in [1.54, 1.807) is 7.11 Å². The Balaban J connectivity index is 1.84. The van der Waals surface area contributed by atoms with Crippen molar-refractivity contribution in [1.29, 1.82) is 5.26 Å². The van der Waals surface area contributed by atoms with E-state index in [4.69, 9.17) is 27.9 Å². The lowest BCUT2D eigenvalue weighted by atomic mass is 9.48. The first-order valence-electron chi connectivity index (χ1n) is 9.24. The van der Waals surface area contributed by atoms with Gasteiger partial charge < -0.3 is 9.53 Å². The lowest BCUT2D eigenvalue weighted by Gasteiger charge is -2.37. The minimum atomic E-state index is -0.541. The van der Waals surface area contributed by atoms with Crippen molar-refractivity contribution in [2.75, 3.05) is 7.11 Å². The number of nitriles is 1. The fourth-order valence-corrected chi connectivity index (χ4v) is 5.01. The van der Waals surface area contributed by atoms with Crippen molar-refractivity contribution >= 4 is 35.6 Å². The second-order valence-corrected chi connectivity index (χ2v) is 8.26. The summed E-state index contributed by atoms with van der Waals surface area (Å²) in [5.74, 6) is 2.81. The van der Waals surface area contributed by atoms with Crippen molar-refractivity contribution in [1.82, 2.24) is 0 Å². The molecule has 28 heavy (non-hydrogen) atoms. The van der Waals surface area contributed by atoms with Crippen LogP contribution < -0.4 is 4.74 Å². The highest BCUT2D eigenvalue weighted by Gasteiger charge is 2.51. The molecule has 0 radical (unpaired) electrons. The summed E-state index contributed by atoms with van der Waals surface area (Å²) in [7, 11) is 1.63. The van der Waals surface area contributed by atoms with E-state index in [1.165, 1.54) is 0 Å². The highest BCUT2D eigenvalue weighted by molar-refractivity contribution is 6.97. The van der Waals surface area contributed by atoms with Gasteiger partial charge in [-0.25, -0.2) is 5.26 Å². The SMILES string of the molecule is COc1cc(Cl)ccc1C1C=CC2C(=O)B(C#N)CC2C1c1ccc(Cl)cc1. The van der Waals surface area contributed by atoms with Crippen molar-refractivity contribution in [3.05, 3.63) is 75.8 Å². The number of carbonyl (C=O) groups is 1. The van der Waals surface area contributed by atoms with Crippen LogP contribution in [0.4, 0.5) is 0 Å². The maximum atomic E-state index is 12.7. The normalized spacial score (nSPS) is 26.1. The Labute approximate surface area is 175 Å². The number of benzene rings is 2. The molecule has 6 heteroatoms. The molecule has 4 atom stereocenters. The Bertz CT molecular complexity index is 983. The fraction of sp³-hybridized carbons (Fsp3) is 0.273. The monoisotopic (exact) mass is 409 g/mol. The number of methoxy groups -OCH3 is 1. The van der Waals surface area contributed by atoms with Crippen LogP contribution in [0.5, 0.6) is 5.75 Å². The van der Waals surface area contributed by atoms with E-state index in [1.807, 2.05) is 48.5 Å². The van der Waals surface area contributed by atoms with E-state index in [0.29, 0.717) is 16.4 Å². The number of nitrogens with zero attached hydrogens (tertiary/aromatic N) is 1. The van der Waals surface area contributed by atoms with Gasteiger partial charge in [0, 0.05) is 33.4 Å². The molecule has 3 nitrogen and oxygen atoms in total. The van der Waals surface area contributed by atoms with Crippen molar-refractivity contribution < 1.29 is 9.53 Å². The van der Waals surface area contributed by atoms with Crippen LogP contribution in [0.3, 0.4) is 0 Å². The summed E-state index contributed by atoms with van der Waals surface area (Å²) in [6.45, 7) is -0.541. The van der Waals surface area contributed by atoms with Crippen molar-refractivity contribution in [2.45, 2.75) is 18.2 Å². The molecule has 1 heterocycles. The third kappa shape index (κ3) is 3.23. The lowest BCUT2D eigenvalue weighted by molar-refractivity contribution is -0.114. The molecule has 4 unspecified atom stereocenters. The number of halogens is 2. The van der Waals surface area contributed by atoms with Crippen molar-refractivity contribution in [2.24, 2.45) is 11.8 Å².